The van der Waals surface area contributed by atoms with Crippen molar-refractivity contribution in [2.75, 3.05) is 11.9 Å². The van der Waals surface area contributed by atoms with Crippen molar-refractivity contribution in [3.63, 3.8) is 0 Å². The number of rotatable bonds is 8. The van der Waals surface area contributed by atoms with Crippen LogP contribution in [0.5, 0.6) is 0 Å². The molecule has 0 bridgehead atoms. The molecule has 2 N–H and O–H groups in total. The molecular weight excluding hydrogens is 498 g/mol. The van der Waals surface area contributed by atoms with Gasteiger partial charge >= 0.3 is 12.1 Å². The van der Waals surface area contributed by atoms with E-state index in [-0.39, 0.29) is 25.5 Å². The molecule has 0 fully saturated rings. The third-order valence-corrected chi connectivity index (χ3v) is 5.62. The second-order valence-corrected chi connectivity index (χ2v) is 9.82. The molecule has 39 heavy (non-hydrogen) atoms. The number of amides is 2. The predicted molar refractivity (Wildman–Crippen MR) is 146 cm³/mol. The smallest absolute Gasteiger partial charge is 0.407 e. The van der Waals surface area contributed by atoms with Gasteiger partial charge in [-0.05, 0) is 62.6 Å². The van der Waals surface area contributed by atoms with Gasteiger partial charge in [0.25, 0.3) is 5.91 Å². The highest BCUT2D eigenvalue weighted by Crippen LogP contribution is 2.25. The number of fused-ring (bicyclic) bond motifs is 1. The summed E-state index contributed by atoms with van der Waals surface area (Å²) in [6.07, 6.45) is 2.70. The minimum Gasteiger partial charge on any atom is -0.466 e. The summed E-state index contributed by atoms with van der Waals surface area (Å²) < 4.78 is 11.9. The lowest BCUT2D eigenvalue weighted by Crippen LogP contribution is -2.32. The Bertz CT molecular complexity index is 1510. The molecule has 0 atom stereocenters. The summed E-state index contributed by atoms with van der Waals surface area (Å²) in [5.41, 5.74) is 3.68. The number of carbonyl (C=O) groups excluding carboxylic acids is 3. The van der Waals surface area contributed by atoms with Crippen LogP contribution in [0.15, 0.2) is 67.1 Å². The second kappa shape index (κ2) is 11.8. The Kier molecular flexibility index (Phi) is 8.24. The average molecular weight is 530 g/mol. The number of anilines is 1. The van der Waals surface area contributed by atoms with E-state index in [0.29, 0.717) is 22.5 Å². The Morgan fingerprint density at radius 2 is 1.79 bits per heavy atom. The van der Waals surface area contributed by atoms with Gasteiger partial charge in [-0.25, -0.2) is 14.3 Å². The molecule has 2 amide bonds. The van der Waals surface area contributed by atoms with Crippen molar-refractivity contribution in [1.82, 2.24) is 19.9 Å². The number of ether oxygens (including phenoxy) is 2. The van der Waals surface area contributed by atoms with Crippen molar-refractivity contribution in [2.45, 2.75) is 46.3 Å². The molecule has 0 aliphatic rings. The first kappa shape index (κ1) is 27.3. The number of para-hydroxylation sites is 1. The summed E-state index contributed by atoms with van der Waals surface area (Å²) >= 11 is 0. The van der Waals surface area contributed by atoms with Gasteiger partial charge in [0.05, 0.1) is 18.6 Å². The highest BCUT2D eigenvalue weighted by molar-refractivity contribution is 6.09. The van der Waals surface area contributed by atoms with Gasteiger partial charge in [0.1, 0.15) is 11.9 Å². The first-order chi connectivity index (χ1) is 18.6. The van der Waals surface area contributed by atoms with E-state index in [4.69, 9.17) is 9.47 Å². The molecule has 0 saturated heterocycles. The van der Waals surface area contributed by atoms with Crippen LogP contribution in [0.25, 0.3) is 16.8 Å². The molecule has 10 nitrogen and oxygen atoms in total. The molecule has 202 valence electrons. The van der Waals surface area contributed by atoms with Crippen molar-refractivity contribution in [2.24, 2.45) is 0 Å². The summed E-state index contributed by atoms with van der Waals surface area (Å²) in [6.45, 7) is 7.72. The van der Waals surface area contributed by atoms with Crippen molar-refractivity contribution < 1.29 is 23.9 Å². The second-order valence-electron chi connectivity index (χ2n) is 9.82. The minimum absolute atomic E-state index is 0.0365. The molecule has 4 rings (SSSR count). The number of hydrogen-bond acceptors (Lipinski definition) is 7. The Labute approximate surface area is 226 Å². The van der Waals surface area contributed by atoms with Crippen molar-refractivity contribution in [3.05, 3.63) is 83.8 Å². The fourth-order valence-electron chi connectivity index (χ4n) is 3.95. The largest absolute Gasteiger partial charge is 0.466 e. The molecule has 2 aromatic heterocycles. The van der Waals surface area contributed by atoms with Gasteiger partial charge in [-0.15, -0.1) is 0 Å². The normalized spacial score (nSPS) is 11.2. The zero-order valence-corrected chi connectivity index (χ0v) is 22.4. The molecular formula is C29H31N5O5. The quantitative estimate of drug-likeness (QED) is 0.315. The molecule has 0 spiro atoms. The van der Waals surface area contributed by atoms with Crippen LogP contribution in [-0.2, 0) is 27.2 Å². The third-order valence-electron chi connectivity index (χ3n) is 5.62. The zero-order valence-electron chi connectivity index (χ0n) is 22.4. The van der Waals surface area contributed by atoms with Gasteiger partial charge in [-0.1, -0.05) is 36.4 Å². The lowest BCUT2D eigenvalue weighted by Gasteiger charge is -2.19. The summed E-state index contributed by atoms with van der Waals surface area (Å²) in [5, 5.41) is 9.91. The maximum Gasteiger partial charge on any atom is 0.407 e. The number of carbonyl (C=O) groups is 3. The summed E-state index contributed by atoms with van der Waals surface area (Å²) in [6, 6.07) is 16.4. The van der Waals surface area contributed by atoms with E-state index in [1.807, 2.05) is 24.3 Å². The predicted octanol–water partition coefficient (Wildman–Crippen LogP) is 4.78. The number of esters is 1. The fourth-order valence-corrected chi connectivity index (χ4v) is 3.95. The molecule has 2 heterocycles. The average Bonchev–Trinajstić information content (AvgIpc) is 3.36. The molecule has 0 aliphatic carbocycles. The maximum absolute atomic E-state index is 13.5. The highest BCUT2D eigenvalue weighted by atomic mass is 16.6. The lowest BCUT2D eigenvalue weighted by atomic mass is 10.0. The molecule has 10 heteroatoms. The van der Waals surface area contributed by atoms with Crippen LogP contribution in [0.2, 0.25) is 0 Å². The summed E-state index contributed by atoms with van der Waals surface area (Å²) in [4.78, 5) is 41.8. The Hall–Kier alpha value is -4.73. The van der Waals surface area contributed by atoms with Crippen LogP contribution in [0.1, 0.15) is 49.2 Å². The zero-order chi connectivity index (χ0) is 28.0. The third kappa shape index (κ3) is 7.19. The van der Waals surface area contributed by atoms with Crippen molar-refractivity contribution >= 4 is 29.3 Å². The number of nitrogens with one attached hydrogen (secondary N) is 2. The lowest BCUT2D eigenvalue weighted by molar-refractivity contribution is -0.142. The monoisotopic (exact) mass is 529 g/mol. The van der Waals surface area contributed by atoms with Crippen LogP contribution in [-0.4, -0.2) is 44.8 Å². The number of pyridine rings is 1. The molecule has 0 saturated carbocycles. The van der Waals surface area contributed by atoms with Gasteiger partial charge in [-0.2, -0.15) is 5.10 Å². The Morgan fingerprint density at radius 3 is 2.56 bits per heavy atom. The molecule has 0 unspecified atom stereocenters. The number of aromatic nitrogens is 3. The van der Waals surface area contributed by atoms with Crippen LogP contribution in [0.4, 0.5) is 10.5 Å². The van der Waals surface area contributed by atoms with E-state index in [0.717, 1.165) is 16.7 Å². The van der Waals surface area contributed by atoms with E-state index in [2.05, 4.69) is 20.7 Å². The van der Waals surface area contributed by atoms with Crippen molar-refractivity contribution in [3.8, 4) is 11.1 Å². The van der Waals surface area contributed by atoms with Gasteiger partial charge in [-0.3, -0.25) is 9.59 Å². The van der Waals surface area contributed by atoms with E-state index in [1.54, 1.807) is 68.7 Å². The van der Waals surface area contributed by atoms with Gasteiger partial charge in [0.2, 0.25) is 0 Å². The van der Waals surface area contributed by atoms with Crippen LogP contribution in [0.3, 0.4) is 0 Å². The molecule has 0 aliphatic heterocycles. The minimum atomic E-state index is -0.588. The van der Waals surface area contributed by atoms with Crippen LogP contribution < -0.4 is 10.6 Å². The highest BCUT2D eigenvalue weighted by Gasteiger charge is 2.18. The van der Waals surface area contributed by atoms with E-state index in [9.17, 15) is 14.4 Å². The van der Waals surface area contributed by atoms with Gasteiger partial charge in [0.15, 0.2) is 5.65 Å². The first-order valence-electron chi connectivity index (χ1n) is 12.6. The topological polar surface area (TPSA) is 124 Å². The van der Waals surface area contributed by atoms with Crippen LogP contribution in [0, 0.1) is 0 Å². The number of nitrogens with zero attached hydrogens (tertiary/aromatic N) is 3. The Morgan fingerprint density at radius 1 is 1.00 bits per heavy atom. The van der Waals surface area contributed by atoms with Crippen LogP contribution >= 0.6 is 0 Å². The summed E-state index contributed by atoms with van der Waals surface area (Å²) in [5.74, 6) is -0.768. The number of hydrogen-bond donors (Lipinski definition) is 2. The van der Waals surface area contributed by atoms with Crippen molar-refractivity contribution in [1.29, 1.82) is 0 Å². The van der Waals surface area contributed by atoms with E-state index >= 15 is 0 Å². The van der Waals surface area contributed by atoms with Gasteiger partial charge in [0, 0.05) is 24.0 Å². The van der Waals surface area contributed by atoms with Gasteiger partial charge < -0.3 is 20.1 Å². The fraction of sp³-hybridized carbons (Fsp3) is 0.276. The molecule has 0 radical (unpaired) electrons. The first-order valence-corrected chi connectivity index (χ1v) is 12.6. The molecule has 2 aromatic carbocycles. The number of benzene rings is 2. The van der Waals surface area contributed by atoms with E-state index < -0.39 is 17.6 Å². The standard InChI is InChI=1S/C29H31N5O5/c1-5-38-25(35)15-21-10-6-7-12-24(21)33-27(36)23-14-22(17-34-26(23)31-18-32-34)20-11-8-9-19(13-20)16-30-28(37)39-29(2,3)4/h6-14,17-18H,5,15-16H2,1-4H3,(H,30,37)(H,33,36). The Balaban J connectivity index is 1.59. The number of alkyl carbamates (subject to hydrolysis) is 1. The SMILES string of the molecule is CCOC(=O)Cc1ccccc1NC(=O)c1cc(-c2cccc(CNC(=O)OC(C)(C)C)c2)cn2ncnc12. The molecule has 4 aromatic rings. The maximum atomic E-state index is 13.5. The summed E-state index contributed by atoms with van der Waals surface area (Å²) in [7, 11) is 0. The van der Waals surface area contributed by atoms with E-state index in [1.165, 1.54) is 6.33 Å².